The molecule has 0 saturated carbocycles. The Morgan fingerprint density at radius 2 is 1.91 bits per heavy atom. The van der Waals surface area contributed by atoms with Gasteiger partial charge in [-0.05, 0) is 12.5 Å². The van der Waals surface area contributed by atoms with Gasteiger partial charge < -0.3 is 10.0 Å². The molecule has 0 bridgehead atoms. The summed E-state index contributed by atoms with van der Waals surface area (Å²) >= 11 is 0. The Kier molecular flexibility index (Phi) is 4.21. The van der Waals surface area contributed by atoms with E-state index < -0.39 is 11.7 Å². The molecule has 0 amide bonds. The van der Waals surface area contributed by atoms with Gasteiger partial charge >= 0.3 is 6.18 Å². The third kappa shape index (κ3) is 3.29. The van der Waals surface area contributed by atoms with E-state index in [2.05, 4.69) is 10.2 Å². The van der Waals surface area contributed by atoms with Crippen LogP contribution in [-0.2, 0) is 6.18 Å². The van der Waals surface area contributed by atoms with Crippen molar-refractivity contribution >= 4 is 5.82 Å². The number of aliphatic hydroxyl groups excluding tert-OH is 1. The molecule has 7 heteroatoms. The summed E-state index contributed by atoms with van der Waals surface area (Å²) in [5.41, 5.74) is -0.00349. The summed E-state index contributed by atoms with van der Waals surface area (Å²) in [5, 5.41) is 17.0. The highest BCUT2D eigenvalue weighted by Gasteiger charge is 2.38. The van der Waals surface area contributed by atoms with E-state index in [0.29, 0.717) is 25.1 Å². The van der Waals surface area contributed by atoms with Gasteiger partial charge in [-0.25, -0.2) is 0 Å². The molecule has 23 heavy (non-hydrogen) atoms. The van der Waals surface area contributed by atoms with Crippen LogP contribution in [0.4, 0.5) is 19.0 Å². The van der Waals surface area contributed by atoms with Gasteiger partial charge in [-0.3, -0.25) is 0 Å². The number of hydrogen-bond donors (Lipinski definition) is 1. The van der Waals surface area contributed by atoms with Gasteiger partial charge in [-0.1, -0.05) is 30.3 Å². The second-order valence-corrected chi connectivity index (χ2v) is 5.61. The third-order valence-electron chi connectivity index (χ3n) is 3.99. The molecule has 1 aromatic carbocycles. The zero-order chi connectivity index (χ0) is 16.4. The largest absolute Gasteiger partial charge is 0.420 e. The van der Waals surface area contributed by atoms with Gasteiger partial charge in [0.1, 0.15) is 5.56 Å². The van der Waals surface area contributed by atoms with Crippen molar-refractivity contribution < 1.29 is 18.3 Å². The molecule has 2 aromatic rings. The zero-order valence-electron chi connectivity index (χ0n) is 12.3. The Morgan fingerprint density at radius 3 is 2.52 bits per heavy atom. The molecule has 0 aliphatic carbocycles. The van der Waals surface area contributed by atoms with Crippen molar-refractivity contribution in [1.82, 2.24) is 10.2 Å². The summed E-state index contributed by atoms with van der Waals surface area (Å²) in [6, 6.07) is 9.71. The first kappa shape index (κ1) is 15.7. The van der Waals surface area contributed by atoms with Crippen LogP contribution in [0.1, 0.15) is 12.0 Å². The van der Waals surface area contributed by atoms with Crippen LogP contribution < -0.4 is 4.90 Å². The number of hydrogen-bond acceptors (Lipinski definition) is 4. The molecule has 2 heterocycles. The lowest BCUT2D eigenvalue weighted by molar-refractivity contribution is -0.137. The zero-order valence-corrected chi connectivity index (χ0v) is 12.3. The quantitative estimate of drug-likeness (QED) is 0.943. The molecule has 4 nitrogen and oxygen atoms in total. The summed E-state index contributed by atoms with van der Waals surface area (Å²) in [5.74, 6) is -0.181. The van der Waals surface area contributed by atoms with Crippen LogP contribution in [-0.4, -0.2) is 35.0 Å². The Labute approximate surface area is 131 Å². The van der Waals surface area contributed by atoms with Gasteiger partial charge in [0, 0.05) is 31.2 Å². The molecule has 0 spiro atoms. The SMILES string of the molecule is OC[C@H]1CCN(c2nnc(-c3ccccc3)cc2C(F)(F)F)C1. The van der Waals surface area contributed by atoms with Crippen molar-refractivity contribution in [1.29, 1.82) is 0 Å². The van der Waals surface area contributed by atoms with Crippen molar-refractivity contribution in [3.8, 4) is 11.3 Å². The molecule has 1 fully saturated rings. The number of halogens is 3. The van der Waals surface area contributed by atoms with Crippen LogP contribution in [0.3, 0.4) is 0 Å². The van der Waals surface area contributed by atoms with Crippen LogP contribution in [0, 0.1) is 5.92 Å². The Hall–Kier alpha value is -2.15. The molecule has 1 aromatic heterocycles. The molecule has 1 atom stereocenters. The molecule has 1 aliphatic heterocycles. The molecular weight excluding hydrogens is 307 g/mol. The van der Waals surface area contributed by atoms with E-state index in [1.54, 1.807) is 35.2 Å². The van der Waals surface area contributed by atoms with E-state index in [4.69, 9.17) is 5.11 Å². The fourth-order valence-corrected chi connectivity index (χ4v) is 2.75. The van der Waals surface area contributed by atoms with Crippen molar-refractivity contribution in [2.45, 2.75) is 12.6 Å². The minimum atomic E-state index is -4.51. The molecule has 0 radical (unpaired) electrons. The normalized spacial score (nSPS) is 18.4. The number of benzene rings is 1. The molecule has 3 rings (SSSR count). The molecule has 122 valence electrons. The number of rotatable bonds is 3. The van der Waals surface area contributed by atoms with Crippen LogP contribution >= 0.6 is 0 Å². The summed E-state index contributed by atoms with van der Waals surface area (Å²) in [7, 11) is 0. The number of aliphatic hydroxyl groups is 1. The standard InChI is InChI=1S/C16H16F3N3O/c17-16(18,19)13-8-14(12-4-2-1-3-5-12)20-21-15(13)22-7-6-11(9-22)10-23/h1-5,8,11,23H,6-7,9-10H2/t11-/m0/s1. The van der Waals surface area contributed by atoms with E-state index in [1.165, 1.54) is 0 Å². The predicted molar refractivity (Wildman–Crippen MR) is 79.9 cm³/mol. The van der Waals surface area contributed by atoms with Gasteiger partial charge in [0.2, 0.25) is 0 Å². The highest BCUT2D eigenvalue weighted by atomic mass is 19.4. The highest BCUT2D eigenvalue weighted by Crippen LogP contribution is 2.38. The smallest absolute Gasteiger partial charge is 0.396 e. The number of alkyl halides is 3. The van der Waals surface area contributed by atoms with Crippen molar-refractivity contribution in [2.24, 2.45) is 5.92 Å². The topological polar surface area (TPSA) is 49.2 Å². The fourth-order valence-electron chi connectivity index (χ4n) is 2.75. The fraction of sp³-hybridized carbons (Fsp3) is 0.375. The summed E-state index contributed by atoms with van der Waals surface area (Å²) in [4.78, 5) is 1.55. The summed E-state index contributed by atoms with van der Waals surface area (Å²) < 4.78 is 40.3. The molecule has 0 unspecified atom stereocenters. The van der Waals surface area contributed by atoms with Crippen LogP contribution in [0.15, 0.2) is 36.4 Å². The lowest BCUT2D eigenvalue weighted by Crippen LogP contribution is -2.26. The maximum Gasteiger partial charge on any atom is 0.420 e. The van der Waals surface area contributed by atoms with Crippen LogP contribution in [0.5, 0.6) is 0 Å². The third-order valence-corrected chi connectivity index (χ3v) is 3.99. The maximum absolute atomic E-state index is 13.4. The van der Waals surface area contributed by atoms with Crippen molar-refractivity contribution in [3.05, 3.63) is 42.0 Å². The summed E-state index contributed by atoms with van der Waals surface area (Å²) in [6.07, 6.45) is -3.86. The van der Waals surface area contributed by atoms with E-state index in [0.717, 1.165) is 6.07 Å². The first-order valence-electron chi connectivity index (χ1n) is 7.35. The number of aromatic nitrogens is 2. The lowest BCUT2D eigenvalue weighted by Gasteiger charge is -2.21. The molecule has 1 aliphatic rings. The van der Waals surface area contributed by atoms with Gasteiger partial charge in [-0.15, -0.1) is 10.2 Å². The Balaban J connectivity index is 2.00. The second-order valence-electron chi connectivity index (χ2n) is 5.61. The average Bonchev–Trinajstić information content (AvgIpc) is 3.03. The minimum Gasteiger partial charge on any atom is -0.396 e. The van der Waals surface area contributed by atoms with Crippen molar-refractivity contribution in [3.63, 3.8) is 0 Å². The lowest BCUT2D eigenvalue weighted by atomic mass is 10.1. The predicted octanol–water partition coefficient (Wildman–Crippen LogP) is 2.98. The average molecular weight is 323 g/mol. The van der Waals surface area contributed by atoms with E-state index in [1.807, 2.05) is 0 Å². The number of anilines is 1. The van der Waals surface area contributed by atoms with Crippen molar-refractivity contribution in [2.75, 3.05) is 24.6 Å². The van der Waals surface area contributed by atoms with Crippen LogP contribution in [0.25, 0.3) is 11.3 Å². The van der Waals surface area contributed by atoms with Gasteiger partial charge in [0.25, 0.3) is 0 Å². The molecular formula is C16H16F3N3O. The molecule has 1 N–H and O–H groups in total. The minimum absolute atomic E-state index is 0.0216. The van der Waals surface area contributed by atoms with Crippen LogP contribution in [0.2, 0.25) is 0 Å². The second kappa shape index (κ2) is 6.16. The maximum atomic E-state index is 13.4. The monoisotopic (exact) mass is 323 g/mol. The Bertz CT molecular complexity index is 676. The van der Waals surface area contributed by atoms with Gasteiger partial charge in [-0.2, -0.15) is 13.2 Å². The number of nitrogens with zero attached hydrogens (tertiary/aromatic N) is 3. The van der Waals surface area contributed by atoms with Gasteiger partial charge in [0.05, 0.1) is 5.69 Å². The first-order chi connectivity index (χ1) is 11.0. The highest BCUT2D eigenvalue weighted by molar-refractivity contribution is 5.62. The molecule has 1 saturated heterocycles. The first-order valence-corrected chi connectivity index (χ1v) is 7.35. The van der Waals surface area contributed by atoms with E-state index >= 15 is 0 Å². The van der Waals surface area contributed by atoms with Gasteiger partial charge in [0.15, 0.2) is 5.82 Å². The summed E-state index contributed by atoms with van der Waals surface area (Å²) in [6.45, 7) is 0.764. The van der Waals surface area contributed by atoms with E-state index in [9.17, 15) is 13.2 Å². The Morgan fingerprint density at radius 1 is 1.17 bits per heavy atom. The van der Waals surface area contributed by atoms with E-state index in [-0.39, 0.29) is 24.0 Å².